The van der Waals surface area contributed by atoms with Crippen LogP contribution in [0.25, 0.3) is 16.6 Å². The summed E-state index contributed by atoms with van der Waals surface area (Å²) in [5.41, 5.74) is 1.27. The Balaban J connectivity index is 1.46. The second-order valence-corrected chi connectivity index (χ2v) is 8.05. The zero-order valence-electron chi connectivity index (χ0n) is 18.6. The maximum absolute atomic E-state index is 13.0. The van der Waals surface area contributed by atoms with Gasteiger partial charge in [0.25, 0.3) is 0 Å². The number of fused-ring (bicyclic) bond motifs is 1. The third-order valence-electron chi connectivity index (χ3n) is 5.24. The lowest BCUT2D eigenvalue weighted by molar-refractivity contribution is -0.137. The van der Waals surface area contributed by atoms with Crippen LogP contribution in [-0.4, -0.2) is 30.8 Å². The smallest absolute Gasteiger partial charge is 0.417 e. The Morgan fingerprint density at radius 1 is 1.00 bits per heavy atom. The summed E-state index contributed by atoms with van der Waals surface area (Å²) in [6, 6.07) is 17.4. The molecule has 2 amide bonds. The molecule has 0 unspecified atom stereocenters. The largest absolute Gasteiger partial charge is 0.492 e. The van der Waals surface area contributed by atoms with Crippen molar-refractivity contribution in [1.29, 1.82) is 0 Å². The van der Waals surface area contributed by atoms with Gasteiger partial charge in [-0.15, -0.1) is 0 Å². The number of nitrogens with one attached hydrogen (secondary N) is 3. The van der Waals surface area contributed by atoms with Crippen molar-refractivity contribution in [2.24, 2.45) is 0 Å². The fourth-order valence-corrected chi connectivity index (χ4v) is 3.80. The Morgan fingerprint density at radius 3 is 2.43 bits per heavy atom. The summed E-state index contributed by atoms with van der Waals surface area (Å²) in [4.78, 5) is 12.3. The number of aromatic nitrogens is 1. The number of carbonyl (C=O) groups is 1. The van der Waals surface area contributed by atoms with E-state index in [0.717, 1.165) is 41.0 Å². The van der Waals surface area contributed by atoms with E-state index in [4.69, 9.17) is 16.3 Å². The predicted octanol–water partition coefficient (Wildman–Crippen LogP) is 6.54. The van der Waals surface area contributed by atoms with Crippen molar-refractivity contribution in [2.45, 2.75) is 6.18 Å². The van der Waals surface area contributed by atoms with E-state index in [0.29, 0.717) is 12.3 Å². The first-order valence-electron chi connectivity index (χ1n) is 10.7. The van der Waals surface area contributed by atoms with Crippen LogP contribution in [0.2, 0.25) is 5.02 Å². The van der Waals surface area contributed by atoms with Crippen LogP contribution < -0.4 is 20.7 Å². The molecule has 6 nitrogen and oxygen atoms in total. The van der Waals surface area contributed by atoms with Crippen LogP contribution in [0.5, 0.6) is 5.75 Å². The molecule has 35 heavy (non-hydrogen) atoms. The van der Waals surface area contributed by atoms with Crippen molar-refractivity contribution < 1.29 is 22.7 Å². The highest BCUT2D eigenvalue weighted by molar-refractivity contribution is 6.31. The minimum absolute atomic E-state index is 0.0256. The van der Waals surface area contributed by atoms with Crippen molar-refractivity contribution in [1.82, 2.24) is 9.88 Å². The topological polar surface area (TPSA) is 67.3 Å². The summed E-state index contributed by atoms with van der Waals surface area (Å²) in [6.45, 7) is 1.29. The number of halogens is 4. The van der Waals surface area contributed by atoms with Gasteiger partial charge in [0.2, 0.25) is 0 Å². The van der Waals surface area contributed by atoms with Crippen molar-refractivity contribution in [3.05, 3.63) is 83.5 Å². The van der Waals surface area contributed by atoms with Gasteiger partial charge in [0.05, 0.1) is 16.1 Å². The minimum atomic E-state index is -4.62. The van der Waals surface area contributed by atoms with Crippen LogP contribution >= 0.6 is 11.6 Å². The summed E-state index contributed by atoms with van der Waals surface area (Å²) in [7, 11) is 1.87. The molecule has 3 N–H and O–H groups in total. The van der Waals surface area contributed by atoms with Gasteiger partial charge >= 0.3 is 12.2 Å². The van der Waals surface area contributed by atoms with Gasteiger partial charge < -0.3 is 25.3 Å². The third-order valence-corrected chi connectivity index (χ3v) is 5.57. The molecule has 0 fully saturated rings. The number of urea groups is 1. The second-order valence-electron chi connectivity index (χ2n) is 7.65. The molecule has 0 saturated carbocycles. The summed E-state index contributed by atoms with van der Waals surface area (Å²) < 4.78 is 46.9. The number of rotatable bonds is 7. The first-order chi connectivity index (χ1) is 16.8. The van der Waals surface area contributed by atoms with Crippen LogP contribution in [0, 0.1) is 0 Å². The number of alkyl halides is 3. The number of hydrogen-bond donors (Lipinski definition) is 3. The Morgan fingerprint density at radius 2 is 1.71 bits per heavy atom. The maximum Gasteiger partial charge on any atom is 0.417 e. The molecule has 0 aliphatic heterocycles. The molecule has 3 aromatic carbocycles. The molecular formula is C25H22ClF3N4O2. The number of benzene rings is 3. The van der Waals surface area contributed by atoms with E-state index >= 15 is 0 Å². The molecule has 4 rings (SSSR count). The van der Waals surface area contributed by atoms with Crippen LogP contribution in [0.1, 0.15) is 5.56 Å². The average molecular weight is 503 g/mol. The molecular weight excluding hydrogens is 481 g/mol. The monoisotopic (exact) mass is 502 g/mol. The maximum atomic E-state index is 13.0. The Hall–Kier alpha value is -3.69. The van der Waals surface area contributed by atoms with Gasteiger partial charge in [-0.3, -0.25) is 0 Å². The third kappa shape index (κ3) is 5.70. The number of ether oxygens (including phenoxy) is 1. The molecule has 0 radical (unpaired) electrons. The van der Waals surface area contributed by atoms with E-state index < -0.39 is 22.8 Å². The lowest BCUT2D eigenvalue weighted by atomic mass is 10.2. The van der Waals surface area contributed by atoms with Crippen LogP contribution in [0.3, 0.4) is 0 Å². The van der Waals surface area contributed by atoms with E-state index in [1.807, 2.05) is 54.2 Å². The molecule has 0 saturated heterocycles. The predicted molar refractivity (Wildman–Crippen MR) is 132 cm³/mol. The SMILES string of the molecule is CNCCOc1cccc2c1ccn2-c1ccc(NC(=O)Nc2ccc(Cl)c(C(F)(F)F)c2)cc1. The van der Waals surface area contributed by atoms with Crippen LogP contribution in [0.4, 0.5) is 29.3 Å². The first kappa shape index (κ1) is 24.4. The van der Waals surface area contributed by atoms with Crippen LogP contribution in [-0.2, 0) is 6.18 Å². The van der Waals surface area contributed by atoms with E-state index in [9.17, 15) is 18.0 Å². The highest BCUT2D eigenvalue weighted by atomic mass is 35.5. The zero-order chi connectivity index (χ0) is 25.0. The van der Waals surface area contributed by atoms with Gasteiger partial charge in [-0.05, 0) is 67.7 Å². The van der Waals surface area contributed by atoms with E-state index in [1.54, 1.807) is 12.1 Å². The van der Waals surface area contributed by atoms with Crippen molar-refractivity contribution in [3.8, 4) is 11.4 Å². The minimum Gasteiger partial charge on any atom is -0.492 e. The van der Waals surface area contributed by atoms with Gasteiger partial charge in [0, 0.05) is 35.2 Å². The number of likely N-dealkylation sites (N-methyl/N-ethyl adjacent to an activating group) is 1. The molecule has 10 heteroatoms. The second kappa shape index (κ2) is 10.3. The van der Waals surface area contributed by atoms with Gasteiger partial charge in [-0.25, -0.2) is 4.79 Å². The lowest BCUT2D eigenvalue weighted by Crippen LogP contribution is -2.20. The van der Waals surface area contributed by atoms with Gasteiger partial charge in [-0.2, -0.15) is 13.2 Å². The molecule has 0 aliphatic carbocycles. The lowest BCUT2D eigenvalue weighted by Gasteiger charge is -2.13. The summed E-state index contributed by atoms with van der Waals surface area (Å²) in [6.07, 6.45) is -2.69. The van der Waals surface area contributed by atoms with Crippen molar-refractivity contribution in [2.75, 3.05) is 30.8 Å². The Bertz CT molecular complexity index is 1340. The fraction of sp³-hybridized carbons (Fsp3) is 0.160. The van der Waals surface area contributed by atoms with E-state index in [-0.39, 0.29) is 5.69 Å². The zero-order valence-corrected chi connectivity index (χ0v) is 19.4. The summed E-state index contributed by atoms with van der Waals surface area (Å²) in [5, 5.41) is 8.59. The summed E-state index contributed by atoms with van der Waals surface area (Å²) in [5.74, 6) is 0.794. The molecule has 1 aromatic heterocycles. The molecule has 0 aliphatic rings. The number of hydrogen-bond acceptors (Lipinski definition) is 3. The van der Waals surface area contributed by atoms with Gasteiger partial charge in [0.15, 0.2) is 0 Å². The highest BCUT2D eigenvalue weighted by Gasteiger charge is 2.33. The van der Waals surface area contributed by atoms with Crippen LogP contribution in [0.15, 0.2) is 72.9 Å². The number of anilines is 2. The Labute approximate surface area is 204 Å². The normalized spacial score (nSPS) is 11.5. The summed E-state index contributed by atoms with van der Waals surface area (Å²) >= 11 is 5.62. The van der Waals surface area contributed by atoms with E-state index in [1.165, 1.54) is 6.07 Å². The first-order valence-corrected chi connectivity index (χ1v) is 11.1. The molecule has 0 spiro atoms. The number of nitrogens with zero attached hydrogens (tertiary/aromatic N) is 1. The molecule has 0 atom stereocenters. The standard InChI is InChI=1S/C25H22ClF3N4O2/c1-30-12-14-35-23-4-2-3-22-19(23)11-13-33(22)18-8-5-16(6-9-18)31-24(34)32-17-7-10-21(26)20(15-17)25(27,28)29/h2-11,13,15,30H,12,14H2,1H3,(H2,31,32,34). The van der Waals surface area contributed by atoms with Gasteiger partial charge in [-0.1, -0.05) is 17.7 Å². The molecule has 0 bridgehead atoms. The fourth-order valence-electron chi connectivity index (χ4n) is 3.57. The molecule has 4 aromatic rings. The highest BCUT2D eigenvalue weighted by Crippen LogP contribution is 2.36. The van der Waals surface area contributed by atoms with E-state index in [2.05, 4.69) is 16.0 Å². The van der Waals surface area contributed by atoms with Crippen molar-refractivity contribution >= 4 is 39.9 Å². The number of carbonyl (C=O) groups excluding carboxylic acids is 1. The van der Waals surface area contributed by atoms with Crippen molar-refractivity contribution in [3.63, 3.8) is 0 Å². The Kier molecular flexibility index (Phi) is 7.18. The number of amides is 2. The average Bonchev–Trinajstić information content (AvgIpc) is 3.25. The molecule has 182 valence electrons. The molecule has 1 heterocycles. The quantitative estimate of drug-likeness (QED) is 0.251. The van der Waals surface area contributed by atoms with Gasteiger partial charge in [0.1, 0.15) is 12.4 Å².